The molecule has 0 saturated heterocycles. The highest BCUT2D eigenvalue weighted by Crippen LogP contribution is 2.15. The molecule has 124 valence electrons. The number of aromatic nitrogens is 4. The van der Waals surface area contributed by atoms with E-state index in [4.69, 9.17) is 4.74 Å². The minimum Gasteiger partial charge on any atom is -0.383 e. The van der Waals surface area contributed by atoms with Gasteiger partial charge in [0.2, 0.25) is 0 Å². The molecule has 0 fully saturated rings. The van der Waals surface area contributed by atoms with Gasteiger partial charge in [0.05, 0.1) is 18.7 Å². The molecule has 2 heterocycles. The number of nitrogens with zero attached hydrogens (tertiary/aromatic N) is 5. The summed E-state index contributed by atoms with van der Waals surface area (Å²) in [5.41, 5.74) is 1.50. The highest BCUT2D eigenvalue weighted by Gasteiger charge is 2.15. The van der Waals surface area contributed by atoms with Gasteiger partial charge in [0, 0.05) is 37.8 Å². The van der Waals surface area contributed by atoms with Crippen molar-refractivity contribution in [1.82, 2.24) is 24.6 Å². The summed E-state index contributed by atoms with van der Waals surface area (Å²) in [7, 11) is 3.40. The van der Waals surface area contributed by atoms with Crippen LogP contribution in [0.3, 0.4) is 0 Å². The molecular weight excluding hydrogens is 306 g/mol. The van der Waals surface area contributed by atoms with Gasteiger partial charge in [-0.2, -0.15) is 0 Å². The van der Waals surface area contributed by atoms with Crippen molar-refractivity contribution in [2.24, 2.45) is 0 Å². The third kappa shape index (κ3) is 3.41. The maximum Gasteiger partial charge on any atom is 0.254 e. The van der Waals surface area contributed by atoms with Crippen molar-refractivity contribution in [3.63, 3.8) is 0 Å². The summed E-state index contributed by atoms with van der Waals surface area (Å²) in [6.07, 6.45) is 3.39. The second kappa shape index (κ2) is 7.18. The van der Waals surface area contributed by atoms with Crippen molar-refractivity contribution < 1.29 is 9.53 Å². The SMILES string of the molecule is COCCn1cnnc1CN(C)C(=O)c1ccc2ncccc2c1. The van der Waals surface area contributed by atoms with Crippen LogP contribution in [0.25, 0.3) is 10.9 Å². The molecule has 3 aromatic rings. The molecule has 0 aliphatic heterocycles. The third-order valence-corrected chi connectivity index (χ3v) is 3.81. The molecule has 0 bridgehead atoms. The molecule has 0 spiro atoms. The van der Waals surface area contributed by atoms with Gasteiger partial charge in [-0.15, -0.1) is 10.2 Å². The van der Waals surface area contributed by atoms with Crippen molar-refractivity contribution in [3.8, 4) is 0 Å². The van der Waals surface area contributed by atoms with E-state index in [0.29, 0.717) is 25.3 Å². The van der Waals surface area contributed by atoms with E-state index in [1.54, 1.807) is 37.6 Å². The van der Waals surface area contributed by atoms with E-state index >= 15 is 0 Å². The van der Waals surface area contributed by atoms with Crippen molar-refractivity contribution in [2.45, 2.75) is 13.1 Å². The molecule has 2 aromatic heterocycles. The van der Waals surface area contributed by atoms with Gasteiger partial charge in [0.25, 0.3) is 5.91 Å². The maximum absolute atomic E-state index is 12.7. The Kier molecular flexibility index (Phi) is 4.81. The minimum absolute atomic E-state index is 0.0676. The Balaban J connectivity index is 1.75. The van der Waals surface area contributed by atoms with Crippen LogP contribution in [0.4, 0.5) is 0 Å². The smallest absolute Gasteiger partial charge is 0.254 e. The normalized spacial score (nSPS) is 10.9. The Morgan fingerprint density at radius 3 is 3.04 bits per heavy atom. The number of benzene rings is 1. The van der Waals surface area contributed by atoms with Gasteiger partial charge >= 0.3 is 0 Å². The number of carbonyl (C=O) groups is 1. The second-order valence-electron chi connectivity index (χ2n) is 5.51. The van der Waals surface area contributed by atoms with Crippen LogP contribution >= 0.6 is 0 Å². The number of rotatable bonds is 6. The highest BCUT2D eigenvalue weighted by molar-refractivity contribution is 5.97. The molecule has 0 aliphatic rings. The maximum atomic E-state index is 12.7. The average Bonchev–Trinajstić information content (AvgIpc) is 3.05. The zero-order valence-electron chi connectivity index (χ0n) is 13.7. The topological polar surface area (TPSA) is 73.1 Å². The molecular formula is C17H19N5O2. The van der Waals surface area contributed by atoms with Crippen LogP contribution in [0.5, 0.6) is 0 Å². The predicted molar refractivity (Wildman–Crippen MR) is 89.4 cm³/mol. The van der Waals surface area contributed by atoms with E-state index in [0.717, 1.165) is 16.7 Å². The molecule has 7 heteroatoms. The fraction of sp³-hybridized carbons (Fsp3) is 0.294. The van der Waals surface area contributed by atoms with Crippen LogP contribution in [0.2, 0.25) is 0 Å². The van der Waals surface area contributed by atoms with Crippen LogP contribution in [0.15, 0.2) is 42.9 Å². The van der Waals surface area contributed by atoms with Crippen molar-refractivity contribution in [3.05, 3.63) is 54.2 Å². The highest BCUT2D eigenvalue weighted by atomic mass is 16.5. The summed E-state index contributed by atoms with van der Waals surface area (Å²) >= 11 is 0. The Hall–Kier alpha value is -2.80. The summed E-state index contributed by atoms with van der Waals surface area (Å²) < 4.78 is 6.96. The lowest BCUT2D eigenvalue weighted by molar-refractivity contribution is 0.0779. The molecule has 0 N–H and O–H groups in total. The number of hydrogen-bond acceptors (Lipinski definition) is 5. The molecule has 0 atom stereocenters. The lowest BCUT2D eigenvalue weighted by Crippen LogP contribution is -2.28. The number of fused-ring (bicyclic) bond motifs is 1. The van der Waals surface area contributed by atoms with E-state index in [1.807, 2.05) is 28.8 Å². The monoisotopic (exact) mass is 325 g/mol. The van der Waals surface area contributed by atoms with Gasteiger partial charge in [0.1, 0.15) is 6.33 Å². The number of ether oxygens (including phenoxy) is 1. The van der Waals surface area contributed by atoms with E-state index < -0.39 is 0 Å². The van der Waals surface area contributed by atoms with Crippen molar-refractivity contribution >= 4 is 16.8 Å². The largest absolute Gasteiger partial charge is 0.383 e. The Bertz CT molecular complexity index is 846. The Morgan fingerprint density at radius 2 is 2.21 bits per heavy atom. The number of amides is 1. The first-order chi connectivity index (χ1) is 11.7. The van der Waals surface area contributed by atoms with E-state index in [2.05, 4.69) is 15.2 Å². The molecule has 3 rings (SSSR count). The number of pyridine rings is 1. The first-order valence-electron chi connectivity index (χ1n) is 7.65. The Morgan fingerprint density at radius 1 is 1.33 bits per heavy atom. The van der Waals surface area contributed by atoms with E-state index in [-0.39, 0.29) is 5.91 Å². The molecule has 24 heavy (non-hydrogen) atoms. The van der Waals surface area contributed by atoms with Crippen LogP contribution in [-0.2, 0) is 17.8 Å². The first kappa shape index (κ1) is 16.1. The van der Waals surface area contributed by atoms with Crippen LogP contribution in [-0.4, -0.2) is 51.3 Å². The van der Waals surface area contributed by atoms with Gasteiger partial charge in [-0.3, -0.25) is 9.78 Å². The fourth-order valence-corrected chi connectivity index (χ4v) is 2.49. The fourth-order valence-electron chi connectivity index (χ4n) is 2.49. The molecule has 0 radical (unpaired) electrons. The molecule has 0 aliphatic carbocycles. The molecule has 7 nitrogen and oxygen atoms in total. The zero-order valence-corrected chi connectivity index (χ0v) is 13.7. The minimum atomic E-state index is -0.0676. The number of carbonyl (C=O) groups excluding carboxylic acids is 1. The summed E-state index contributed by atoms with van der Waals surface area (Å²) in [5, 5.41) is 8.95. The molecule has 1 amide bonds. The van der Waals surface area contributed by atoms with Gasteiger partial charge in [0.15, 0.2) is 5.82 Å². The number of hydrogen-bond donors (Lipinski definition) is 0. The van der Waals surface area contributed by atoms with Crippen LogP contribution in [0.1, 0.15) is 16.2 Å². The second-order valence-corrected chi connectivity index (χ2v) is 5.51. The predicted octanol–water partition coefficient (Wildman–Crippen LogP) is 1.74. The van der Waals surface area contributed by atoms with Gasteiger partial charge < -0.3 is 14.2 Å². The van der Waals surface area contributed by atoms with Crippen molar-refractivity contribution in [2.75, 3.05) is 20.8 Å². The number of methoxy groups -OCH3 is 1. The van der Waals surface area contributed by atoms with Crippen LogP contribution in [0, 0.1) is 0 Å². The van der Waals surface area contributed by atoms with Crippen LogP contribution < -0.4 is 0 Å². The third-order valence-electron chi connectivity index (χ3n) is 3.81. The summed E-state index contributed by atoms with van der Waals surface area (Å²) in [5.74, 6) is 0.660. The molecule has 0 saturated carbocycles. The quantitative estimate of drug-likeness (QED) is 0.690. The lowest BCUT2D eigenvalue weighted by Gasteiger charge is -2.17. The van der Waals surface area contributed by atoms with Crippen molar-refractivity contribution in [1.29, 1.82) is 0 Å². The zero-order chi connectivity index (χ0) is 16.9. The molecule has 0 unspecified atom stereocenters. The summed E-state index contributed by atoms with van der Waals surface area (Å²) in [6, 6.07) is 9.32. The first-order valence-corrected chi connectivity index (χ1v) is 7.65. The standard InChI is InChI=1S/C17H19N5O2/c1-21(11-16-20-19-12-22(16)8-9-24-2)17(23)14-5-6-15-13(10-14)4-3-7-18-15/h3-7,10,12H,8-9,11H2,1-2H3. The van der Waals surface area contributed by atoms with Gasteiger partial charge in [-0.25, -0.2) is 0 Å². The lowest BCUT2D eigenvalue weighted by atomic mass is 10.1. The van der Waals surface area contributed by atoms with E-state index in [1.165, 1.54) is 0 Å². The molecule has 1 aromatic carbocycles. The average molecular weight is 325 g/mol. The Labute approximate surface area is 139 Å². The van der Waals surface area contributed by atoms with Gasteiger partial charge in [-0.05, 0) is 24.3 Å². The van der Waals surface area contributed by atoms with Gasteiger partial charge in [-0.1, -0.05) is 6.07 Å². The van der Waals surface area contributed by atoms with E-state index in [9.17, 15) is 4.79 Å². The summed E-state index contributed by atoms with van der Waals surface area (Å²) in [4.78, 5) is 18.6. The summed E-state index contributed by atoms with van der Waals surface area (Å²) in [6.45, 7) is 1.61.